The number of halogens is 2. The van der Waals surface area contributed by atoms with Crippen LogP contribution in [-0.4, -0.2) is 24.1 Å². The van der Waals surface area contributed by atoms with Crippen LogP contribution in [0.3, 0.4) is 0 Å². The van der Waals surface area contributed by atoms with E-state index in [1.165, 1.54) is 6.21 Å². The second-order valence-corrected chi connectivity index (χ2v) is 4.99. The first-order valence-electron chi connectivity index (χ1n) is 6.03. The molecule has 2 amide bonds. The van der Waals surface area contributed by atoms with E-state index in [9.17, 15) is 9.59 Å². The molecule has 0 saturated carbocycles. The lowest BCUT2D eigenvalue weighted by Gasteiger charge is -2.09. The molecule has 0 fully saturated rings. The first-order valence-corrected chi connectivity index (χ1v) is 6.78. The Balaban J connectivity index is 2.56. The van der Waals surface area contributed by atoms with E-state index in [0.29, 0.717) is 15.6 Å². The lowest BCUT2D eigenvalue weighted by Crippen LogP contribution is -2.41. The molecule has 0 aliphatic carbocycles. The van der Waals surface area contributed by atoms with Crippen molar-refractivity contribution in [2.75, 3.05) is 0 Å². The van der Waals surface area contributed by atoms with Gasteiger partial charge in [0.2, 0.25) is 0 Å². The largest absolute Gasteiger partial charge is 0.345 e. The number of nitrogens with one attached hydrogen (secondary N) is 2. The van der Waals surface area contributed by atoms with Crippen LogP contribution in [-0.2, 0) is 9.59 Å². The number of hydrazone groups is 1. The van der Waals surface area contributed by atoms with Crippen molar-refractivity contribution in [2.45, 2.75) is 26.3 Å². The van der Waals surface area contributed by atoms with Gasteiger partial charge in [-0.25, -0.2) is 5.43 Å². The fourth-order valence-electron chi connectivity index (χ4n) is 1.21. The highest BCUT2D eigenvalue weighted by molar-refractivity contribution is 6.36. The molecule has 1 aromatic carbocycles. The summed E-state index contributed by atoms with van der Waals surface area (Å²) in [5.41, 5.74) is 2.71. The summed E-state index contributed by atoms with van der Waals surface area (Å²) in [4.78, 5) is 22.9. The second-order valence-electron chi connectivity index (χ2n) is 4.15. The van der Waals surface area contributed by atoms with Crippen LogP contribution >= 0.6 is 23.2 Å². The van der Waals surface area contributed by atoms with Gasteiger partial charge in [-0.3, -0.25) is 9.59 Å². The quantitative estimate of drug-likeness (QED) is 0.508. The molecule has 1 atom stereocenters. The third-order valence-corrected chi connectivity index (χ3v) is 3.09. The highest BCUT2D eigenvalue weighted by atomic mass is 35.5. The van der Waals surface area contributed by atoms with E-state index < -0.39 is 11.8 Å². The van der Waals surface area contributed by atoms with Gasteiger partial charge in [0.05, 0.1) is 11.2 Å². The van der Waals surface area contributed by atoms with E-state index in [1.807, 2.05) is 13.8 Å². The molecule has 0 bridgehead atoms. The number of rotatable bonds is 4. The molecule has 0 aliphatic heterocycles. The summed E-state index contributed by atoms with van der Waals surface area (Å²) < 4.78 is 0. The summed E-state index contributed by atoms with van der Waals surface area (Å²) in [7, 11) is 0. The van der Waals surface area contributed by atoms with E-state index in [1.54, 1.807) is 18.2 Å². The van der Waals surface area contributed by atoms with E-state index in [-0.39, 0.29) is 6.04 Å². The smallest absolute Gasteiger partial charge is 0.329 e. The molecular formula is C13H15Cl2N3O2. The van der Waals surface area contributed by atoms with E-state index in [4.69, 9.17) is 23.2 Å². The fraction of sp³-hybridized carbons (Fsp3) is 0.308. The molecule has 0 unspecified atom stereocenters. The monoisotopic (exact) mass is 315 g/mol. The maximum Gasteiger partial charge on any atom is 0.329 e. The number of amides is 2. The average molecular weight is 316 g/mol. The van der Waals surface area contributed by atoms with Crippen molar-refractivity contribution in [1.29, 1.82) is 0 Å². The van der Waals surface area contributed by atoms with Crippen LogP contribution in [0, 0.1) is 0 Å². The minimum absolute atomic E-state index is 0.0667. The molecule has 5 nitrogen and oxygen atoms in total. The van der Waals surface area contributed by atoms with Gasteiger partial charge in [-0.1, -0.05) is 36.2 Å². The van der Waals surface area contributed by atoms with Gasteiger partial charge in [-0.2, -0.15) is 5.10 Å². The van der Waals surface area contributed by atoms with Gasteiger partial charge >= 0.3 is 11.8 Å². The van der Waals surface area contributed by atoms with Crippen molar-refractivity contribution in [3.63, 3.8) is 0 Å². The zero-order valence-corrected chi connectivity index (χ0v) is 12.6. The Hall–Kier alpha value is -1.59. The van der Waals surface area contributed by atoms with E-state index in [2.05, 4.69) is 15.8 Å². The second kappa shape index (κ2) is 7.87. The molecule has 0 saturated heterocycles. The Morgan fingerprint density at radius 2 is 2.05 bits per heavy atom. The molecule has 0 aliphatic rings. The number of hydrogen-bond donors (Lipinski definition) is 2. The first-order chi connectivity index (χ1) is 9.43. The number of carbonyl (C=O) groups excluding carboxylic acids is 2. The topological polar surface area (TPSA) is 70.6 Å². The molecule has 1 rings (SSSR count). The van der Waals surface area contributed by atoms with Gasteiger partial charge < -0.3 is 5.32 Å². The van der Waals surface area contributed by atoms with Crippen LogP contribution in [0.4, 0.5) is 0 Å². The summed E-state index contributed by atoms with van der Waals surface area (Å²) in [6, 6.07) is 4.79. The van der Waals surface area contributed by atoms with Gasteiger partial charge in [0.15, 0.2) is 0 Å². The SMILES string of the molecule is CC[C@H](C)NC(=O)C(=O)N/N=C\c1ccc(Cl)cc1Cl. The highest BCUT2D eigenvalue weighted by Gasteiger charge is 2.14. The van der Waals surface area contributed by atoms with Gasteiger partial charge in [0.1, 0.15) is 0 Å². The Bertz CT molecular complexity index is 532. The van der Waals surface area contributed by atoms with E-state index >= 15 is 0 Å². The number of carbonyl (C=O) groups is 2. The summed E-state index contributed by atoms with van der Waals surface area (Å²) in [5, 5.41) is 7.11. The Labute approximate surface area is 127 Å². The maximum atomic E-state index is 11.4. The zero-order chi connectivity index (χ0) is 15.1. The number of hydrogen-bond acceptors (Lipinski definition) is 3. The van der Waals surface area contributed by atoms with Crippen molar-refractivity contribution in [1.82, 2.24) is 10.7 Å². The molecule has 2 N–H and O–H groups in total. The summed E-state index contributed by atoms with van der Waals surface area (Å²) in [5.74, 6) is -1.55. The van der Waals surface area contributed by atoms with Crippen molar-refractivity contribution >= 4 is 41.2 Å². The molecule has 0 spiro atoms. The molecule has 7 heteroatoms. The molecule has 0 radical (unpaired) electrons. The van der Waals surface area contributed by atoms with Gasteiger partial charge in [-0.05, 0) is 25.5 Å². The summed E-state index contributed by atoms with van der Waals surface area (Å²) >= 11 is 11.7. The Morgan fingerprint density at radius 1 is 1.35 bits per heavy atom. The summed E-state index contributed by atoms with van der Waals surface area (Å²) in [6.45, 7) is 3.71. The van der Waals surface area contributed by atoms with Gasteiger partial charge in [0, 0.05) is 16.6 Å². The van der Waals surface area contributed by atoms with Crippen molar-refractivity contribution in [3.8, 4) is 0 Å². The van der Waals surface area contributed by atoms with Gasteiger partial charge in [-0.15, -0.1) is 0 Å². The first kappa shape index (κ1) is 16.5. The Morgan fingerprint density at radius 3 is 2.65 bits per heavy atom. The van der Waals surface area contributed by atoms with E-state index in [0.717, 1.165) is 6.42 Å². The standard InChI is InChI=1S/C13H15Cl2N3O2/c1-3-8(2)17-12(19)13(20)18-16-7-9-4-5-10(14)6-11(9)15/h4-8H,3H2,1-2H3,(H,17,19)(H,18,20)/b16-7-/t8-/m0/s1. The average Bonchev–Trinajstić information content (AvgIpc) is 2.40. The molecule has 20 heavy (non-hydrogen) atoms. The predicted octanol–water partition coefficient (Wildman–Crippen LogP) is 2.36. The van der Waals surface area contributed by atoms with Gasteiger partial charge in [0.25, 0.3) is 0 Å². The third-order valence-electron chi connectivity index (χ3n) is 2.53. The Kier molecular flexibility index (Phi) is 6.48. The minimum atomic E-state index is -0.827. The van der Waals surface area contributed by atoms with Crippen LogP contribution in [0.5, 0.6) is 0 Å². The van der Waals surface area contributed by atoms with Crippen LogP contribution in [0.1, 0.15) is 25.8 Å². The lowest BCUT2D eigenvalue weighted by atomic mass is 10.2. The normalized spacial score (nSPS) is 12.2. The predicted molar refractivity (Wildman–Crippen MR) is 80.1 cm³/mol. The lowest BCUT2D eigenvalue weighted by molar-refractivity contribution is -0.139. The molecule has 1 aromatic rings. The fourth-order valence-corrected chi connectivity index (χ4v) is 1.67. The van der Waals surface area contributed by atoms with Crippen LogP contribution in [0.25, 0.3) is 0 Å². The molecule has 0 heterocycles. The molecule has 108 valence electrons. The molecular weight excluding hydrogens is 301 g/mol. The third kappa shape index (κ3) is 5.19. The number of benzene rings is 1. The molecule has 0 aromatic heterocycles. The van der Waals surface area contributed by atoms with Crippen molar-refractivity contribution in [3.05, 3.63) is 33.8 Å². The van der Waals surface area contributed by atoms with Crippen molar-refractivity contribution in [2.24, 2.45) is 5.10 Å². The maximum absolute atomic E-state index is 11.4. The van der Waals surface area contributed by atoms with Crippen LogP contribution < -0.4 is 10.7 Å². The number of nitrogens with zero attached hydrogens (tertiary/aromatic N) is 1. The zero-order valence-electron chi connectivity index (χ0n) is 11.1. The summed E-state index contributed by atoms with van der Waals surface area (Å²) in [6.07, 6.45) is 2.08. The highest BCUT2D eigenvalue weighted by Crippen LogP contribution is 2.19. The van der Waals surface area contributed by atoms with Crippen LogP contribution in [0.2, 0.25) is 10.0 Å². The van der Waals surface area contributed by atoms with Crippen molar-refractivity contribution < 1.29 is 9.59 Å². The minimum Gasteiger partial charge on any atom is -0.345 e. The van der Waals surface area contributed by atoms with Crippen LogP contribution in [0.15, 0.2) is 23.3 Å².